The lowest BCUT2D eigenvalue weighted by atomic mass is 10.1. The highest BCUT2D eigenvalue weighted by molar-refractivity contribution is 7.91. The van der Waals surface area contributed by atoms with Crippen LogP contribution in [0.3, 0.4) is 0 Å². The molecule has 1 aliphatic heterocycles. The average molecular weight is 544 g/mol. The number of carbonyl (C=O) groups excluding carboxylic acids is 1. The molecule has 0 saturated heterocycles. The van der Waals surface area contributed by atoms with E-state index >= 15 is 0 Å². The summed E-state index contributed by atoms with van der Waals surface area (Å²) < 4.78 is 72.4. The highest BCUT2D eigenvalue weighted by Crippen LogP contribution is 2.35. The number of para-hydroxylation sites is 1. The number of nitrogens with zero attached hydrogens (tertiary/aromatic N) is 2. The Bertz CT molecular complexity index is 1630. The van der Waals surface area contributed by atoms with Crippen molar-refractivity contribution in [2.45, 2.75) is 37.5 Å². The van der Waals surface area contributed by atoms with E-state index in [2.05, 4.69) is 10.3 Å². The standard InChI is InChI=1S/C27H24F3N3O4S/c1-2-38(35,36)21-9-6-17(7-10-21)15-31-25(34)19-8-11-23-22(14-19)32-26(27(28,29)30)33(23)16-20-5-3-4-18-12-13-37-24(18)20/h3-11,14H,2,12-13,15-16H2,1H3,(H,31,34). The molecule has 4 aromatic rings. The second-order valence-corrected chi connectivity index (χ2v) is 11.2. The molecule has 1 aromatic heterocycles. The number of aromatic nitrogens is 2. The number of fused-ring (bicyclic) bond motifs is 2. The second-order valence-electron chi connectivity index (χ2n) is 8.96. The fraction of sp³-hybridized carbons (Fsp3) is 0.259. The molecule has 0 unspecified atom stereocenters. The predicted octanol–water partition coefficient (Wildman–Crippen LogP) is 4.76. The van der Waals surface area contributed by atoms with Crippen LogP contribution in [0, 0.1) is 0 Å². The highest BCUT2D eigenvalue weighted by Gasteiger charge is 2.38. The van der Waals surface area contributed by atoms with Crippen molar-refractivity contribution in [3.63, 3.8) is 0 Å². The molecule has 0 fully saturated rings. The van der Waals surface area contributed by atoms with Crippen LogP contribution in [-0.2, 0) is 35.5 Å². The molecule has 1 amide bonds. The van der Waals surface area contributed by atoms with Crippen molar-refractivity contribution in [1.82, 2.24) is 14.9 Å². The number of carbonyl (C=O) groups is 1. The fourth-order valence-electron chi connectivity index (χ4n) is 4.49. The molecule has 2 heterocycles. The Balaban J connectivity index is 1.39. The number of sulfone groups is 1. The van der Waals surface area contributed by atoms with Gasteiger partial charge in [-0.3, -0.25) is 4.79 Å². The van der Waals surface area contributed by atoms with Gasteiger partial charge in [-0.2, -0.15) is 13.2 Å². The number of halogens is 3. The number of nitrogens with one attached hydrogen (secondary N) is 1. The topological polar surface area (TPSA) is 90.3 Å². The first-order valence-corrected chi connectivity index (χ1v) is 13.6. The number of hydrogen-bond acceptors (Lipinski definition) is 5. The summed E-state index contributed by atoms with van der Waals surface area (Å²) in [7, 11) is -3.33. The highest BCUT2D eigenvalue weighted by atomic mass is 32.2. The van der Waals surface area contributed by atoms with Gasteiger partial charge in [-0.1, -0.05) is 37.3 Å². The van der Waals surface area contributed by atoms with E-state index in [0.717, 1.165) is 10.1 Å². The molecule has 38 heavy (non-hydrogen) atoms. The monoisotopic (exact) mass is 543 g/mol. The summed E-state index contributed by atoms with van der Waals surface area (Å²) in [4.78, 5) is 16.8. The number of rotatable bonds is 7. The molecular weight excluding hydrogens is 519 g/mol. The van der Waals surface area contributed by atoms with Crippen molar-refractivity contribution >= 4 is 26.8 Å². The Labute approximate surface area is 217 Å². The molecule has 0 saturated carbocycles. The van der Waals surface area contributed by atoms with Crippen LogP contribution in [0.2, 0.25) is 0 Å². The van der Waals surface area contributed by atoms with E-state index < -0.39 is 27.7 Å². The number of ether oxygens (including phenoxy) is 1. The normalized spacial score (nSPS) is 13.4. The number of amides is 1. The lowest BCUT2D eigenvalue weighted by Crippen LogP contribution is -2.22. The summed E-state index contributed by atoms with van der Waals surface area (Å²) in [5, 5.41) is 2.71. The van der Waals surface area contributed by atoms with Crippen LogP contribution in [0.5, 0.6) is 5.75 Å². The fourth-order valence-corrected chi connectivity index (χ4v) is 5.38. The largest absolute Gasteiger partial charge is 0.493 e. The smallest absolute Gasteiger partial charge is 0.449 e. The molecule has 3 aromatic carbocycles. The SMILES string of the molecule is CCS(=O)(=O)c1ccc(CNC(=O)c2ccc3c(c2)nc(C(F)(F)F)n3Cc2cccc3c2OCC3)cc1. The van der Waals surface area contributed by atoms with Crippen molar-refractivity contribution in [2.24, 2.45) is 0 Å². The molecule has 1 aliphatic rings. The Morgan fingerprint density at radius 1 is 1.11 bits per heavy atom. The van der Waals surface area contributed by atoms with Gasteiger partial charge in [0.1, 0.15) is 5.75 Å². The maximum absolute atomic E-state index is 13.9. The zero-order valence-electron chi connectivity index (χ0n) is 20.4. The minimum Gasteiger partial charge on any atom is -0.493 e. The van der Waals surface area contributed by atoms with Gasteiger partial charge in [-0.25, -0.2) is 13.4 Å². The minimum absolute atomic E-state index is 0.0152. The molecular formula is C27H24F3N3O4S. The van der Waals surface area contributed by atoms with Crippen LogP contribution in [0.25, 0.3) is 11.0 Å². The van der Waals surface area contributed by atoms with Gasteiger partial charge in [0, 0.05) is 24.1 Å². The summed E-state index contributed by atoms with van der Waals surface area (Å²) in [5.74, 6) is -0.949. The Kier molecular flexibility index (Phi) is 6.64. The van der Waals surface area contributed by atoms with E-state index in [1.54, 1.807) is 31.2 Å². The molecule has 198 valence electrons. The Morgan fingerprint density at radius 2 is 1.87 bits per heavy atom. The van der Waals surface area contributed by atoms with Crippen molar-refractivity contribution < 1.29 is 31.1 Å². The molecule has 0 bridgehead atoms. The van der Waals surface area contributed by atoms with Crippen molar-refractivity contribution in [3.05, 3.63) is 88.7 Å². The van der Waals surface area contributed by atoms with Gasteiger partial charge in [0.25, 0.3) is 5.91 Å². The van der Waals surface area contributed by atoms with E-state index in [4.69, 9.17) is 4.74 Å². The van der Waals surface area contributed by atoms with Gasteiger partial charge in [0.05, 0.1) is 34.8 Å². The first kappa shape index (κ1) is 25.8. The molecule has 5 rings (SSSR count). The van der Waals surface area contributed by atoms with Crippen molar-refractivity contribution in [2.75, 3.05) is 12.4 Å². The van der Waals surface area contributed by atoms with E-state index in [1.165, 1.54) is 30.3 Å². The molecule has 0 spiro atoms. The third-order valence-corrected chi connectivity index (χ3v) is 8.25. The van der Waals surface area contributed by atoms with Crippen LogP contribution in [0.15, 0.2) is 65.6 Å². The quantitative estimate of drug-likeness (QED) is 0.363. The molecule has 0 aliphatic carbocycles. The molecule has 0 atom stereocenters. The summed E-state index contributed by atoms with van der Waals surface area (Å²) in [5.41, 5.74) is 2.72. The summed E-state index contributed by atoms with van der Waals surface area (Å²) in [6.07, 6.45) is -3.99. The maximum atomic E-state index is 13.9. The second kappa shape index (κ2) is 9.79. The van der Waals surface area contributed by atoms with Crippen LogP contribution in [-0.4, -0.2) is 36.2 Å². The summed E-state index contributed by atoms with van der Waals surface area (Å²) >= 11 is 0. The van der Waals surface area contributed by atoms with E-state index in [9.17, 15) is 26.4 Å². The zero-order valence-corrected chi connectivity index (χ0v) is 21.2. The third kappa shape index (κ3) is 4.98. The number of imidazole rings is 1. The van der Waals surface area contributed by atoms with Crippen molar-refractivity contribution in [3.8, 4) is 5.75 Å². The van der Waals surface area contributed by atoms with Gasteiger partial charge >= 0.3 is 6.18 Å². The van der Waals surface area contributed by atoms with Crippen LogP contribution in [0.4, 0.5) is 13.2 Å². The molecule has 0 radical (unpaired) electrons. The van der Waals surface area contributed by atoms with Gasteiger partial charge < -0.3 is 14.6 Å². The van der Waals surface area contributed by atoms with Gasteiger partial charge in [0.15, 0.2) is 9.84 Å². The van der Waals surface area contributed by atoms with Crippen LogP contribution in [0.1, 0.15) is 39.8 Å². The number of benzene rings is 3. The lowest BCUT2D eigenvalue weighted by Gasteiger charge is -2.14. The predicted molar refractivity (Wildman–Crippen MR) is 135 cm³/mol. The molecule has 1 N–H and O–H groups in total. The zero-order chi connectivity index (χ0) is 27.1. The third-order valence-electron chi connectivity index (χ3n) is 6.50. The summed E-state index contributed by atoms with van der Waals surface area (Å²) in [6, 6.07) is 15.8. The number of hydrogen-bond donors (Lipinski definition) is 1. The lowest BCUT2D eigenvalue weighted by molar-refractivity contribution is -0.146. The van der Waals surface area contributed by atoms with Crippen LogP contribution >= 0.6 is 0 Å². The van der Waals surface area contributed by atoms with Gasteiger partial charge in [-0.05, 0) is 41.5 Å². The van der Waals surface area contributed by atoms with E-state index in [1.807, 2.05) is 6.07 Å². The number of alkyl halides is 3. The van der Waals surface area contributed by atoms with Gasteiger partial charge in [0.2, 0.25) is 5.82 Å². The minimum atomic E-state index is -4.70. The van der Waals surface area contributed by atoms with Crippen molar-refractivity contribution in [1.29, 1.82) is 0 Å². The summed E-state index contributed by atoms with van der Waals surface area (Å²) in [6.45, 7) is 2.08. The Hall–Kier alpha value is -3.86. The Morgan fingerprint density at radius 3 is 2.58 bits per heavy atom. The van der Waals surface area contributed by atoms with Gasteiger partial charge in [-0.15, -0.1) is 0 Å². The first-order chi connectivity index (χ1) is 18.1. The average Bonchev–Trinajstić information content (AvgIpc) is 3.53. The first-order valence-electron chi connectivity index (χ1n) is 12.0. The van der Waals surface area contributed by atoms with E-state index in [-0.39, 0.29) is 40.3 Å². The maximum Gasteiger partial charge on any atom is 0.449 e. The molecule has 11 heteroatoms. The van der Waals surface area contributed by atoms with E-state index in [0.29, 0.717) is 29.9 Å². The van der Waals surface area contributed by atoms with Crippen LogP contribution < -0.4 is 10.1 Å². The molecule has 7 nitrogen and oxygen atoms in total.